The van der Waals surface area contributed by atoms with Gasteiger partial charge in [0.15, 0.2) is 0 Å². The van der Waals surface area contributed by atoms with Gasteiger partial charge in [0.2, 0.25) is 5.91 Å². The highest BCUT2D eigenvalue weighted by atomic mass is 35.5. The van der Waals surface area contributed by atoms with Gasteiger partial charge in [0, 0.05) is 41.5 Å². The number of anilines is 1. The highest BCUT2D eigenvalue weighted by Gasteiger charge is 2.33. The van der Waals surface area contributed by atoms with Gasteiger partial charge >= 0.3 is 12.5 Å². The minimum atomic E-state index is -3.24. The topological polar surface area (TPSA) is 113 Å². The molecular formula is C21H18Cl2F2N6O4. The van der Waals surface area contributed by atoms with Crippen molar-refractivity contribution in [2.75, 3.05) is 31.6 Å². The molecule has 0 atom stereocenters. The number of halogens is 4. The third-order valence-electron chi connectivity index (χ3n) is 6.03. The number of alkyl halides is 2. The number of rotatable bonds is 5. The molecule has 184 valence electrons. The van der Waals surface area contributed by atoms with E-state index in [0.29, 0.717) is 47.4 Å². The zero-order chi connectivity index (χ0) is 24.9. The third-order valence-corrected chi connectivity index (χ3v) is 6.81. The number of fused-ring (bicyclic) bond motifs is 3. The van der Waals surface area contributed by atoms with Gasteiger partial charge in [-0.1, -0.05) is 23.2 Å². The molecule has 35 heavy (non-hydrogen) atoms. The number of cyclic esters (lactones) is 1. The van der Waals surface area contributed by atoms with E-state index in [1.807, 2.05) is 4.57 Å². The molecule has 2 aliphatic heterocycles. The minimum absolute atomic E-state index is 0.0653. The van der Waals surface area contributed by atoms with Crippen molar-refractivity contribution in [2.24, 2.45) is 0 Å². The smallest absolute Gasteiger partial charge is 0.410 e. The maximum absolute atomic E-state index is 13.1. The molecule has 0 radical (unpaired) electrons. The number of carbonyl (C=O) groups excluding carboxylic acids is 3. The van der Waals surface area contributed by atoms with Crippen molar-refractivity contribution >= 4 is 57.7 Å². The van der Waals surface area contributed by atoms with Gasteiger partial charge in [-0.25, -0.2) is 4.79 Å². The second-order valence-corrected chi connectivity index (χ2v) is 8.83. The first kappa shape index (κ1) is 23.4. The van der Waals surface area contributed by atoms with E-state index in [1.54, 1.807) is 11.1 Å². The van der Waals surface area contributed by atoms with Gasteiger partial charge in [-0.05, 0) is 6.07 Å². The summed E-state index contributed by atoms with van der Waals surface area (Å²) in [7, 11) is 0. The van der Waals surface area contributed by atoms with Gasteiger partial charge in [-0.3, -0.25) is 19.6 Å². The molecule has 10 nitrogen and oxygen atoms in total. The van der Waals surface area contributed by atoms with E-state index in [4.69, 9.17) is 27.9 Å². The molecule has 0 bridgehead atoms. The summed E-state index contributed by atoms with van der Waals surface area (Å²) in [5, 5.41) is 9.61. The quantitative estimate of drug-likeness (QED) is 0.529. The minimum Gasteiger partial charge on any atom is -0.448 e. The van der Waals surface area contributed by atoms with E-state index in [2.05, 4.69) is 15.5 Å². The van der Waals surface area contributed by atoms with Gasteiger partial charge in [0.25, 0.3) is 5.91 Å². The van der Waals surface area contributed by atoms with Crippen molar-refractivity contribution in [3.63, 3.8) is 0 Å². The summed E-state index contributed by atoms with van der Waals surface area (Å²) >= 11 is 12.9. The molecule has 1 fully saturated rings. The Balaban J connectivity index is 1.62. The predicted octanol–water partition coefficient (Wildman–Crippen LogP) is 3.34. The Labute approximate surface area is 206 Å². The van der Waals surface area contributed by atoms with Crippen LogP contribution in [0.4, 0.5) is 19.3 Å². The van der Waals surface area contributed by atoms with Gasteiger partial charge in [-0.15, -0.1) is 0 Å². The molecule has 1 aromatic carbocycles. The Bertz CT molecular complexity index is 1340. The Morgan fingerprint density at radius 3 is 2.71 bits per heavy atom. The van der Waals surface area contributed by atoms with Crippen LogP contribution >= 0.6 is 23.2 Å². The number of ether oxygens (including phenoxy) is 1. The number of carbonyl (C=O) groups is 3. The fraction of sp³-hybridized carbons (Fsp3) is 0.333. The summed E-state index contributed by atoms with van der Waals surface area (Å²) in [5.74, 6) is -1.75. The molecule has 0 spiro atoms. The largest absolute Gasteiger partial charge is 0.448 e. The van der Waals surface area contributed by atoms with Gasteiger partial charge in [0.05, 0.1) is 40.5 Å². The number of nitrogens with zero attached hydrogens (tertiary/aromatic N) is 4. The van der Waals surface area contributed by atoms with E-state index in [1.165, 1.54) is 17.2 Å². The Kier molecular flexibility index (Phi) is 6.01. The van der Waals surface area contributed by atoms with Crippen molar-refractivity contribution < 1.29 is 27.9 Å². The van der Waals surface area contributed by atoms with Gasteiger partial charge in [0.1, 0.15) is 13.2 Å². The maximum Gasteiger partial charge on any atom is 0.410 e. The van der Waals surface area contributed by atoms with Crippen LogP contribution in [-0.2, 0) is 27.4 Å². The third kappa shape index (κ3) is 4.06. The van der Waals surface area contributed by atoms with E-state index in [0.717, 1.165) is 0 Å². The number of H-pyrrole nitrogens is 1. The summed E-state index contributed by atoms with van der Waals surface area (Å²) in [6.07, 6.45) is -0.626. The van der Waals surface area contributed by atoms with Crippen LogP contribution in [0.2, 0.25) is 10.0 Å². The molecule has 4 heterocycles. The first-order chi connectivity index (χ1) is 16.8. The molecule has 5 rings (SSSR count). The average Bonchev–Trinajstić information content (AvgIpc) is 3.56. The van der Waals surface area contributed by atoms with Crippen LogP contribution in [0.15, 0.2) is 18.5 Å². The molecule has 3 aromatic rings. The number of amides is 3. The van der Waals surface area contributed by atoms with Crippen LogP contribution < -0.4 is 5.32 Å². The SMILES string of the molecule is O=C(Nc1cc(Cl)c(Cl)c2c1c(-c1cn[nH]c1)c1n2CCN(C(=O)CN2CCOC2=O)C1)C(F)F. The highest BCUT2D eigenvalue weighted by Crippen LogP contribution is 2.46. The fourth-order valence-corrected chi connectivity index (χ4v) is 4.90. The summed E-state index contributed by atoms with van der Waals surface area (Å²) in [4.78, 5) is 39.5. The lowest BCUT2D eigenvalue weighted by atomic mass is 10.0. The predicted molar refractivity (Wildman–Crippen MR) is 123 cm³/mol. The molecular weight excluding hydrogens is 509 g/mol. The van der Waals surface area contributed by atoms with Crippen LogP contribution in [0.5, 0.6) is 0 Å². The zero-order valence-corrected chi connectivity index (χ0v) is 19.5. The Morgan fingerprint density at radius 1 is 1.26 bits per heavy atom. The van der Waals surface area contributed by atoms with E-state index in [-0.39, 0.29) is 41.3 Å². The molecule has 3 amide bonds. The molecule has 14 heteroatoms. The standard InChI is InChI=1S/C21H18Cl2F2N6O4/c22-11-5-12(28-20(33)19(24)25)16-15(10-6-26-27-7-10)13-8-29(1-2-31(13)18(16)17(11)23)14(32)9-30-3-4-35-21(30)34/h5-7,19H,1-4,8-9H2,(H,26,27)(H,28,33). The Morgan fingerprint density at radius 2 is 2.06 bits per heavy atom. The van der Waals surface area contributed by atoms with E-state index < -0.39 is 18.4 Å². The lowest BCUT2D eigenvalue weighted by Gasteiger charge is -2.30. The first-order valence-electron chi connectivity index (χ1n) is 10.6. The molecule has 2 aliphatic rings. The average molecular weight is 527 g/mol. The lowest BCUT2D eigenvalue weighted by molar-refractivity contribution is -0.133. The summed E-state index contributed by atoms with van der Waals surface area (Å²) < 4.78 is 32.9. The number of hydrogen-bond donors (Lipinski definition) is 2. The van der Waals surface area contributed by atoms with Crippen LogP contribution in [-0.4, -0.2) is 75.1 Å². The second-order valence-electron chi connectivity index (χ2n) is 8.05. The second kappa shape index (κ2) is 9.00. The van der Waals surface area contributed by atoms with Crippen molar-refractivity contribution in [2.45, 2.75) is 19.5 Å². The molecule has 2 aromatic heterocycles. The van der Waals surface area contributed by atoms with Crippen molar-refractivity contribution in [3.05, 3.63) is 34.2 Å². The number of hydrogen-bond acceptors (Lipinski definition) is 5. The summed E-state index contributed by atoms with van der Waals surface area (Å²) in [6.45, 7) is 1.22. The van der Waals surface area contributed by atoms with Crippen molar-refractivity contribution in [1.82, 2.24) is 24.6 Å². The monoisotopic (exact) mass is 526 g/mol. The molecule has 1 saturated heterocycles. The van der Waals surface area contributed by atoms with Crippen LogP contribution in [0.3, 0.4) is 0 Å². The van der Waals surface area contributed by atoms with Crippen LogP contribution in [0.25, 0.3) is 22.0 Å². The van der Waals surface area contributed by atoms with Gasteiger partial charge in [-0.2, -0.15) is 13.9 Å². The normalized spacial score (nSPS) is 15.6. The number of aromatic nitrogens is 3. The number of benzene rings is 1. The van der Waals surface area contributed by atoms with Gasteiger partial charge < -0.3 is 19.5 Å². The van der Waals surface area contributed by atoms with Crippen LogP contribution in [0, 0.1) is 0 Å². The molecule has 0 aliphatic carbocycles. The highest BCUT2D eigenvalue weighted by molar-refractivity contribution is 6.46. The van der Waals surface area contributed by atoms with Crippen molar-refractivity contribution in [1.29, 1.82) is 0 Å². The zero-order valence-electron chi connectivity index (χ0n) is 18.0. The van der Waals surface area contributed by atoms with Crippen LogP contribution in [0.1, 0.15) is 5.69 Å². The summed E-state index contributed by atoms with van der Waals surface area (Å²) in [5.41, 5.74) is 2.34. The van der Waals surface area contributed by atoms with E-state index >= 15 is 0 Å². The number of aromatic amines is 1. The molecule has 0 unspecified atom stereocenters. The lowest BCUT2D eigenvalue weighted by Crippen LogP contribution is -2.44. The molecule has 2 N–H and O–H groups in total. The molecule has 0 saturated carbocycles. The maximum atomic E-state index is 13.1. The van der Waals surface area contributed by atoms with E-state index in [9.17, 15) is 23.2 Å². The van der Waals surface area contributed by atoms with Crippen molar-refractivity contribution in [3.8, 4) is 11.1 Å². The number of nitrogens with one attached hydrogen (secondary N) is 2. The summed E-state index contributed by atoms with van der Waals surface area (Å²) in [6, 6.07) is 1.32. The first-order valence-corrected chi connectivity index (χ1v) is 11.3. The Hall–Kier alpha value is -3.38. The fourth-order valence-electron chi connectivity index (χ4n) is 4.46.